The third-order valence-electron chi connectivity index (χ3n) is 4.62. The zero-order valence-electron chi connectivity index (χ0n) is 17.2. The second-order valence-corrected chi connectivity index (χ2v) is 8.41. The highest BCUT2D eigenvalue weighted by Crippen LogP contribution is 2.33. The molecular formula is C21H18N4O7S. The van der Waals surface area contributed by atoms with Gasteiger partial charge in [0.1, 0.15) is 11.4 Å². The summed E-state index contributed by atoms with van der Waals surface area (Å²) in [6, 6.07) is 15.1. The Kier molecular flexibility index (Phi) is 6.00. The molecule has 0 saturated heterocycles. The molecule has 0 bridgehead atoms. The number of benzene rings is 3. The zero-order valence-corrected chi connectivity index (χ0v) is 18.0. The molecule has 0 aliphatic carbocycles. The number of nitrogens with one attached hydrogen (secondary N) is 2. The zero-order chi connectivity index (χ0) is 23.4. The number of hydrogen-bond acceptors (Lipinski definition) is 9. The summed E-state index contributed by atoms with van der Waals surface area (Å²) in [5, 5.41) is 15.6. The second-order valence-electron chi connectivity index (χ2n) is 6.72. The number of ether oxygens (including phenoxy) is 3. The molecule has 1 heterocycles. The molecule has 0 saturated carbocycles. The van der Waals surface area contributed by atoms with E-state index in [4.69, 9.17) is 14.2 Å². The van der Waals surface area contributed by atoms with E-state index in [0.717, 1.165) is 6.07 Å². The summed E-state index contributed by atoms with van der Waals surface area (Å²) in [6.45, 7) is 0.140. The number of anilines is 2. The average molecular weight is 470 g/mol. The van der Waals surface area contributed by atoms with E-state index in [-0.39, 0.29) is 23.1 Å². The quantitative estimate of drug-likeness (QED) is 0.289. The van der Waals surface area contributed by atoms with Gasteiger partial charge < -0.3 is 14.2 Å². The van der Waals surface area contributed by atoms with Crippen molar-refractivity contribution in [1.82, 2.24) is 0 Å². The van der Waals surface area contributed by atoms with Crippen molar-refractivity contribution in [2.75, 3.05) is 24.1 Å². The maximum Gasteiger partial charge on any atom is 0.295 e. The van der Waals surface area contributed by atoms with E-state index in [2.05, 4.69) is 15.2 Å². The molecule has 0 amide bonds. The van der Waals surface area contributed by atoms with Crippen LogP contribution in [-0.2, 0) is 10.0 Å². The van der Waals surface area contributed by atoms with Crippen molar-refractivity contribution >= 4 is 33.3 Å². The van der Waals surface area contributed by atoms with E-state index in [0.29, 0.717) is 22.8 Å². The van der Waals surface area contributed by atoms with E-state index in [1.165, 1.54) is 31.5 Å². The van der Waals surface area contributed by atoms with Crippen molar-refractivity contribution in [3.63, 3.8) is 0 Å². The van der Waals surface area contributed by atoms with Crippen molar-refractivity contribution in [3.8, 4) is 17.2 Å². The van der Waals surface area contributed by atoms with Crippen molar-refractivity contribution in [1.29, 1.82) is 0 Å². The van der Waals surface area contributed by atoms with Crippen LogP contribution in [0.15, 0.2) is 70.7 Å². The fourth-order valence-corrected chi connectivity index (χ4v) is 4.12. The van der Waals surface area contributed by atoms with Gasteiger partial charge in [-0.1, -0.05) is 12.1 Å². The van der Waals surface area contributed by atoms with Gasteiger partial charge in [0.05, 0.1) is 28.8 Å². The topological polar surface area (TPSA) is 141 Å². The van der Waals surface area contributed by atoms with Crippen LogP contribution in [0.5, 0.6) is 17.2 Å². The minimum absolute atomic E-state index is 0.0215. The Morgan fingerprint density at radius 3 is 2.64 bits per heavy atom. The number of rotatable bonds is 8. The number of nitro benzene ring substituents is 1. The third kappa shape index (κ3) is 4.80. The predicted molar refractivity (Wildman–Crippen MR) is 121 cm³/mol. The summed E-state index contributed by atoms with van der Waals surface area (Å²) in [5.74, 6) is 1.50. The Labute approximate surface area is 188 Å². The Morgan fingerprint density at radius 2 is 1.85 bits per heavy atom. The molecule has 2 N–H and O–H groups in total. The Balaban J connectivity index is 1.55. The maximum absolute atomic E-state index is 12.8. The van der Waals surface area contributed by atoms with Crippen LogP contribution in [0.1, 0.15) is 5.56 Å². The molecule has 3 aromatic carbocycles. The van der Waals surface area contributed by atoms with E-state index in [1.807, 2.05) is 0 Å². The van der Waals surface area contributed by atoms with Crippen molar-refractivity contribution in [2.24, 2.45) is 5.10 Å². The average Bonchev–Trinajstić information content (AvgIpc) is 3.27. The molecule has 33 heavy (non-hydrogen) atoms. The van der Waals surface area contributed by atoms with E-state index in [9.17, 15) is 18.5 Å². The fraction of sp³-hybridized carbons (Fsp3) is 0.0952. The third-order valence-corrected chi connectivity index (χ3v) is 5.99. The molecule has 12 heteroatoms. The molecule has 0 spiro atoms. The number of methoxy groups -OCH3 is 1. The van der Waals surface area contributed by atoms with Gasteiger partial charge >= 0.3 is 0 Å². The Morgan fingerprint density at radius 1 is 1.06 bits per heavy atom. The molecule has 1 aliphatic heterocycles. The van der Waals surface area contributed by atoms with Crippen LogP contribution >= 0.6 is 0 Å². The first kappa shape index (κ1) is 21.9. The Hall–Kier alpha value is -4.32. The number of para-hydroxylation sites is 2. The van der Waals surface area contributed by atoms with Crippen LogP contribution < -0.4 is 24.4 Å². The molecule has 0 aromatic heterocycles. The minimum atomic E-state index is -4.11. The number of hydrazone groups is 1. The standard InChI is InChI=1S/C21H18N4O7S/c1-30-19-5-3-2-4-17(19)24-33(28,29)15-7-8-16(18(11-15)25(26)27)23-22-12-14-6-9-20-21(10-14)32-13-31-20/h2-12,23-24H,13H2,1H3. The number of fused-ring (bicyclic) bond motifs is 1. The summed E-state index contributed by atoms with van der Waals surface area (Å²) in [7, 11) is -2.71. The normalized spacial score (nSPS) is 12.5. The molecule has 170 valence electrons. The van der Waals surface area contributed by atoms with Crippen molar-refractivity contribution in [2.45, 2.75) is 4.90 Å². The van der Waals surface area contributed by atoms with Gasteiger partial charge in [-0.15, -0.1) is 0 Å². The fourth-order valence-electron chi connectivity index (χ4n) is 3.03. The predicted octanol–water partition coefficient (Wildman–Crippen LogP) is 3.58. The SMILES string of the molecule is COc1ccccc1NS(=O)(=O)c1ccc(NN=Cc2ccc3c(c2)OCO3)c([N+](=O)[O-])c1. The van der Waals surface area contributed by atoms with Gasteiger partial charge in [0.25, 0.3) is 15.7 Å². The molecule has 11 nitrogen and oxygen atoms in total. The lowest BCUT2D eigenvalue weighted by atomic mass is 10.2. The summed E-state index contributed by atoms with van der Waals surface area (Å²) in [5.41, 5.74) is 3.02. The van der Waals surface area contributed by atoms with E-state index < -0.39 is 20.6 Å². The molecular weight excluding hydrogens is 452 g/mol. The minimum Gasteiger partial charge on any atom is -0.495 e. The van der Waals surface area contributed by atoms with Gasteiger partial charge in [-0.05, 0) is 48.0 Å². The van der Waals surface area contributed by atoms with Crippen LogP contribution in [-0.4, -0.2) is 33.5 Å². The van der Waals surface area contributed by atoms with Gasteiger partial charge in [-0.25, -0.2) is 8.42 Å². The lowest BCUT2D eigenvalue weighted by Crippen LogP contribution is -2.14. The van der Waals surface area contributed by atoms with Crippen LogP contribution in [0, 0.1) is 10.1 Å². The molecule has 3 aromatic rings. The second kappa shape index (κ2) is 9.04. The lowest BCUT2D eigenvalue weighted by molar-refractivity contribution is -0.384. The first-order valence-corrected chi connectivity index (χ1v) is 11.0. The molecule has 0 radical (unpaired) electrons. The number of nitrogens with zero attached hydrogens (tertiary/aromatic N) is 2. The van der Waals surface area contributed by atoms with Crippen LogP contribution in [0.25, 0.3) is 0 Å². The summed E-state index contributed by atoms with van der Waals surface area (Å²) >= 11 is 0. The molecule has 0 fully saturated rings. The first-order chi connectivity index (χ1) is 15.9. The molecule has 0 unspecified atom stereocenters. The summed E-state index contributed by atoms with van der Waals surface area (Å²) in [6.07, 6.45) is 1.44. The number of sulfonamides is 1. The largest absolute Gasteiger partial charge is 0.495 e. The van der Waals surface area contributed by atoms with E-state index >= 15 is 0 Å². The highest BCUT2D eigenvalue weighted by atomic mass is 32.2. The summed E-state index contributed by atoms with van der Waals surface area (Å²) < 4.78 is 43.6. The monoisotopic (exact) mass is 470 g/mol. The molecule has 4 rings (SSSR count). The van der Waals surface area contributed by atoms with Crippen molar-refractivity contribution < 1.29 is 27.6 Å². The van der Waals surface area contributed by atoms with Crippen LogP contribution in [0.4, 0.5) is 17.1 Å². The summed E-state index contributed by atoms with van der Waals surface area (Å²) in [4.78, 5) is 10.6. The molecule has 1 aliphatic rings. The Bertz CT molecular complexity index is 1340. The lowest BCUT2D eigenvalue weighted by Gasteiger charge is -2.12. The van der Waals surface area contributed by atoms with Gasteiger partial charge in [-0.3, -0.25) is 20.3 Å². The maximum atomic E-state index is 12.8. The van der Waals surface area contributed by atoms with Gasteiger partial charge in [0, 0.05) is 6.07 Å². The van der Waals surface area contributed by atoms with Crippen molar-refractivity contribution in [3.05, 3.63) is 76.3 Å². The number of hydrogen-bond donors (Lipinski definition) is 2. The van der Waals surface area contributed by atoms with E-state index in [1.54, 1.807) is 36.4 Å². The van der Waals surface area contributed by atoms with Gasteiger partial charge in [-0.2, -0.15) is 5.10 Å². The van der Waals surface area contributed by atoms with Crippen LogP contribution in [0.3, 0.4) is 0 Å². The highest BCUT2D eigenvalue weighted by molar-refractivity contribution is 7.92. The van der Waals surface area contributed by atoms with Crippen LogP contribution in [0.2, 0.25) is 0 Å². The smallest absolute Gasteiger partial charge is 0.295 e. The highest BCUT2D eigenvalue weighted by Gasteiger charge is 2.22. The first-order valence-electron chi connectivity index (χ1n) is 9.50. The van der Waals surface area contributed by atoms with Gasteiger partial charge in [0.15, 0.2) is 11.5 Å². The van der Waals surface area contributed by atoms with Gasteiger partial charge in [0.2, 0.25) is 6.79 Å². The number of nitro groups is 1. The molecule has 0 atom stereocenters.